The number of pyridine rings is 1. The summed E-state index contributed by atoms with van der Waals surface area (Å²) < 4.78 is 6.14. The standard InChI is InChI=1S/C26H31N3O3/c1-2-13-28-25(31)26(19-29(15-16-32-26)24(30)22-6-3-4-7-22)17-20-9-11-21(12-10-20)23-8-5-14-27-18-23/h2,5,8-12,14,18,22H,1,3-4,6-7,13,15-17,19H2,(H,28,31)/t26-/m0/s1. The molecule has 2 aliphatic rings. The molecule has 1 aromatic heterocycles. The lowest BCUT2D eigenvalue weighted by Gasteiger charge is -2.42. The van der Waals surface area contributed by atoms with Crippen molar-refractivity contribution in [1.82, 2.24) is 15.2 Å². The molecule has 2 heterocycles. The van der Waals surface area contributed by atoms with E-state index < -0.39 is 5.60 Å². The van der Waals surface area contributed by atoms with Crippen LogP contribution >= 0.6 is 0 Å². The summed E-state index contributed by atoms with van der Waals surface area (Å²) in [5.41, 5.74) is 1.99. The molecule has 4 rings (SSSR count). The number of nitrogens with zero attached hydrogens (tertiary/aromatic N) is 2. The summed E-state index contributed by atoms with van der Waals surface area (Å²) in [6.07, 6.45) is 9.74. The lowest BCUT2D eigenvalue weighted by atomic mass is 9.89. The molecule has 0 radical (unpaired) electrons. The van der Waals surface area contributed by atoms with E-state index >= 15 is 0 Å². The molecule has 6 nitrogen and oxygen atoms in total. The van der Waals surface area contributed by atoms with Crippen LogP contribution in [0.25, 0.3) is 11.1 Å². The monoisotopic (exact) mass is 433 g/mol. The Morgan fingerprint density at radius 2 is 1.97 bits per heavy atom. The van der Waals surface area contributed by atoms with Crippen LogP contribution in [-0.2, 0) is 20.7 Å². The Hall–Kier alpha value is -2.99. The first-order chi connectivity index (χ1) is 15.6. The van der Waals surface area contributed by atoms with Crippen LogP contribution in [0.2, 0.25) is 0 Å². The maximum Gasteiger partial charge on any atom is 0.254 e. The van der Waals surface area contributed by atoms with Gasteiger partial charge in [0.2, 0.25) is 5.91 Å². The Balaban J connectivity index is 1.55. The van der Waals surface area contributed by atoms with Gasteiger partial charge in [0.25, 0.3) is 5.91 Å². The number of hydrogen-bond donors (Lipinski definition) is 1. The highest BCUT2D eigenvalue weighted by Crippen LogP contribution is 2.30. The van der Waals surface area contributed by atoms with Gasteiger partial charge in [-0.25, -0.2) is 0 Å². The highest BCUT2D eigenvalue weighted by molar-refractivity contribution is 5.88. The van der Waals surface area contributed by atoms with Gasteiger partial charge in [0.05, 0.1) is 13.2 Å². The summed E-state index contributed by atoms with van der Waals surface area (Å²) in [5.74, 6) is 0.0529. The molecule has 168 valence electrons. The largest absolute Gasteiger partial charge is 0.361 e. The average molecular weight is 434 g/mol. The summed E-state index contributed by atoms with van der Waals surface area (Å²) in [5, 5.41) is 2.90. The Morgan fingerprint density at radius 1 is 1.19 bits per heavy atom. The minimum Gasteiger partial charge on any atom is -0.361 e. The van der Waals surface area contributed by atoms with Crippen LogP contribution in [0.1, 0.15) is 31.2 Å². The van der Waals surface area contributed by atoms with Gasteiger partial charge in [-0.3, -0.25) is 14.6 Å². The highest BCUT2D eigenvalue weighted by atomic mass is 16.5. The van der Waals surface area contributed by atoms with Crippen molar-refractivity contribution in [2.24, 2.45) is 5.92 Å². The molecular formula is C26H31N3O3. The third-order valence-electron chi connectivity index (χ3n) is 6.46. The number of carbonyl (C=O) groups is 2. The van der Waals surface area contributed by atoms with E-state index in [4.69, 9.17) is 4.74 Å². The van der Waals surface area contributed by atoms with Crippen LogP contribution in [0, 0.1) is 5.92 Å². The maximum atomic E-state index is 13.2. The number of ether oxygens (including phenoxy) is 1. The van der Waals surface area contributed by atoms with Crippen molar-refractivity contribution in [3.8, 4) is 11.1 Å². The van der Waals surface area contributed by atoms with Crippen molar-refractivity contribution >= 4 is 11.8 Å². The van der Waals surface area contributed by atoms with Gasteiger partial charge >= 0.3 is 0 Å². The zero-order chi connectivity index (χ0) is 22.4. The number of hydrogen-bond acceptors (Lipinski definition) is 4. The van der Waals surface area contributed by atoms with Crippen molar-refractivity contribution in [3.05, 3.63) is 67.0 Å². The first-order valence-electron chi connectivity index (χ1n) is 11.4. The maximum absolute atomic E-state index is 13.2. The molecule has 1 aliphatic heterocycles. The van der Waals surface area contributed by atoms with E-state index in [1.807, 2.05) is 47.5 Å². The van der Waals surface area contributed by atoms with E-state index in [9.17, 15) is 9.59 Å². The van der Waals surface area contributed by atoms with Crippen LogP contribution in [0.3, 0.4) is 0 Å². The lowest BCUT2D eigenvalue weighted by molar-refractivity contribution is -0.167. The Bertz CT molecular complexity index is 939. The molecule has 6 heteroatoms. The molecule has 1 aliphatic carbocycles. The van der Waals surface area contributed by atoms with Gasteiger partial charge in [-0.05, 0) is 35.6 Å². The second-order valence-electron chi connectivity index (χ2n) is 8.70. The second kappa shape index (κ2) is 10.1. The van der Waals surface area contributed by atoms with Crippen LogP contribution in [-0.4, -0.2) is 53.5 Å². The van der Waals surface area contributed by atoms with Crippen molar-refractivity contribution in [2.75, 3.05) is 26.2 Å². The molecule has 1 atom stereocenters. The molecule has 0 bridgehead atoms. The summed E-state index contributed by atoms with van der Waals surface area (Å²) >= 11 is 0. The first kappa shape index (κ1) is 22.2. The number of morpholine rings is 1. The zero-order valence-electron chi connectivity index (χ0n) is 18.5. The van der Waals surface area contributed by atoms with Gasteiger partial charge in [0, 0.05) is 37.8 Å². The van der Waals surface area contributed by atoms with Crippen LogP contribution in [0.4, 0.5) is 0 Å². The van der Waals surface area contributed by atoms with Crippen LogP contribution < -0.4 is 5.32 Å². The third-order valence-corrected chi connectivity index (χ3v) is 6.46. The van der Waals surface area contributed by atoms with Crippen molar-refractivity contribution in [1.29, 1.82) is 0 Å². The number of carbonyl (C=O) groups excluding carboxylic acids is 2. The summed E-state index contributed by atoms with van der Waals surface area (Å²) in [7, 11) is 0. The molecule has 0 unspecified atom stereocenters. The van der Waals surface area contributed by atoms with Gasteiger partial charge in [-0.1, -0.05) is 49.2 Å². The molecule has 1 saturated carbocycles. The average Bonchev–Trinajstić information content (AvgIpc) is 3.38. The summed E-state index contributed by atoms with van der Waals surface area (Å²) in [6, 6.07) is 12.0. The fourth-order valence-corrected chi connectivity index (χ4v) is 4.73. The van der Waals surface area contributed by atoms with Gasteiger partial charge in [0.15, 0.2) is 5.60 Å². The highest BCUT2D eigenvalue weighted by Gasteiger charge is 2.45. The molecule has 1 N–H and O–H groups in total. The Morgan fingerprint density at radius 3 is 2.66 bits per heavy atom. The molecule has 2 fully saturated rings. The molecule has 1 saturated heterocycles. The minimum atomic E-state index is -1.11. The Kier molecular flexibility index (Phi) is 7.00. The molecule has 1 aromatic carbocycles. The van der Waals surface area contributed by atoms with Gasteiger partial charge in [0.1, 0.15) is 0 Å². The minimum absolute atomic E-state index is 0.0841. The summed E-state index contributed by atoms with van der Waals surface area (Å²) in [6.45, 7) is 5.22. The quantitative estimate of drug-likeness (QED) is 0.680. The van der Waals surface area contributed by atoms with E-state index in [1.165, 1.54) is 0 Å². The number of benzene rings is 1. The van der Waals surface area contributed by atoms with Crippen LogP contribution in [0.15, 0.2) is 61.4 Å². The van der Waals surface area contributed by atoms with E-state index in [1.54, 1.807) is 12.3 Å². The molecule has 0 spiro atoms. The molecular weight excluding hydrogens is 402 g/mol. The van der Waals surface area contributed by atoms with Crippen molar-refractivity contribution in [2.45, 2.75) is 37.7 Å². The molecule has 32 heavy (non-hydrogen) atoms. The molecule has 2 aromatic rings. The van der Waals surface area contributed by atoms with Crippen LogP contribution in [0.5, 0.6) is 0 Å². The number of amides is 2. The fraction of sp³-hybridized carbons (Fsp3) is 0.423. The topological polar surface area (TPSA) is 71.5 Å². The van der Waals surface area contributed by atoms with Crippen molar-refractivity contribution in [3.63, 3.8) is 0 Å². The zero-order valence-corrected chi connectivity index (χ0v) is 18.5. The van der Waals surface area contributed by atoms with E-state index in [0.717, 1.165) is 42.4 Å². The predicted octanol–water partition coefficient (Wildman–Crippen LogP) is 3.38. The lowest BCUT2D eigenvalue weighted by Crippen LogP contribution is -2.62. The SMILES string of the molecule is C=CCNC(=O)[C@]1(Cc2ccc(-c3cccnc3)cc2)CN(C(=O)C2CCCC2)CCO1. The summed E-state index contributed by atoms with van der Waals surface area (Å²) in [4.78, 5) is 32.3. The second-order valence-corrected chi connectivity index (χ2v) is 8.70. The van der Waals surface area contributed by atoms with Gasteiger partial charge in [-0.2, -0.15) is 0 Å². The van der Waals surface area contributed by atoms with Gasteiger partial charge in [-0.15, -0.1) is 6.58 Å². The van der Waals surface area contributed by atoms with E-state index in [-0.39, 0.29) is 24.3 Å². The number of aromatic nitrogens is 1. The first-order valence-corrected chi connectivity index (χ1v) is 11.4. The third kappa shape index (κ3) is 4.91. The molecule has 2 amide bonds. The number of rotatable bonds is 7. The van der Waals surface area contributed by atoms with Crippen molar-refractivity contribution < 1.29 is 14.3 Å². The van der Waals surface area contributed by atoms with E-state index in [0.29, 0.717) is 26.1 Å². The normalized spacial score (nSPS) is 21.3. The van der Waals surface area contributed by atoms with Gasteiger partial charge < -0.3 is 15.0 Å². The number of nitrogens with one attached hydrogen (secondary N) is 1. The smallest absolute Gasteiger partial charge is 0.254 e. The fourth-order valence-electron chi connectivity index (χ4n) is 4.73. The Labute approximate surface area is 189 Å². The van der Waals surface area contributed by atoms with E-state index in [2.05, 4.69) is 16.9 Å². The predicted molar refractivity (Wildman–Crippen MR) is 124 cm³/mol.